The largest absolute Gasteiger partial charge is 0.497 e. The molecule has 1 fully saturated rings. The first-order valence-electron chi connectivity index (χ1n) is 6.21. The topological polar surface area (TPSA) is 54.3 Å². The molecular formula is C14H18N2O2. The van der Waals surface area contributed by atoms with Gasteiger partial charge < -0.3 is 14.8 Å². The summed E-state index contributed by atoms with van der Waals surface area (Å²) in [5.41, 5.74) is 0.938. The number of nitrogens with one attached hydrogen (secondary N) is 1. The zero-order chi connectivity index (χ0) is 12.8. The first-order chi connectivity index (χ1) is 8.83. The summed E-state index contributed by atoms with van der Waals surface area (Å²) in [6, 6.07) is 9.74. The molecule has 1 aliphatic heterocycles. The summed E-state index contributed by atoms with van der Waals surface area (Å²) in [4.78, 5) is 0. The lowest BCUT2D eigenvalue weighted by atomic mass is 9.94. The summed E-state index contributed by atoms with van der Waals surface area (Å²) in [5.74, 6) is 1.08. The Kier molecular flexibility index (Phi) is 4.43. The standard InChI is InChI=1S/C14H18N2O2/c1-17-13-6-4-12(5-7-13)16-14(9-15)11-3-2-8-18-10-11/h4-7,11,14,16H,2-3,8,10H2,1H3. The van der Waals surface area contributed by atoms with Gasteiger partial charge in [-0.25, -0.2) is 0 Å². The van der Waals surface area contributed by atoms with Gasteiger partial charge in [-0.15, -0.1) is 0 Å². The van der Waals surface area contributed by atoms with Gasteiger partial charge in [-0.1, -0.05) is 0 Å². The van der Waals surface area contributed by atoms with Gasteiger partial charge in [-0.05, 0) is 37.1 Å². The Morgan fingerprint density at radius 1 is 1.44 bits per heavy atom. The van der Waals surface area contributed by atoms with Crippen molar-refractivity contribution in [3.05, 3.63) is 24.3 Å². The zero-order valence-electron chi connectivity index (χ0n) is 10.6. The predicted molar refractivity (Wildman–Crippen MR) is 69.6 cm³/mol. The van der Waals surface area contributed by atoms with Gasteiger partial charge in [0.15, 0.2) is 0 Å². The van der Waals surface area contributed by atoms with Crippen LogP contribution in [0.25, 0.3) is 0 Å². The molecule has 0 aromatic heterocycles. The van der Waals surface area contributed by atoms with Crippen molar-refractivity contribution < 1.29 is 9.47 Å². The number of hydrogen-bond donors (Lipinski definition) is 1. The normalized spacial score (nSPS) is 20.8. The molecule has 0 aliphatic carbocycles. The van der Waals surface area contributed by atoms with Crippen molar-refractivity contribution in [3.63, 3.8) is 0 Å². The molecule has 0 saturated carbocycles. The molecule has 4 heteroatoms. The Balaban J connectivity index is 1.98. The smallest absolute Gasteiger partial charge is 0.119 e. The van der Waals surface area contributed by atoms with E-state index < -0.39 is 0 Å². The lowest BCUT2D eigenvalue weighted by Gasteiger charge is -2.27. The molecule has 1 heterocycles. The van der Waals surface area contributed by atoms with Gasteiger partial charge >= 0.3 is 0 Å². The van der Waals surface area contributed by atoms with E-state index in [1.54, 1.807) is 7.11 Å². The summed E-state index contributed by atoms with van der Waals surface area (Å²) < 4.78 is 10.5. The first-order valence-corrected chi connectivity index (χ1v) is 6.21. The van der Waals surface area contributed by atoms with E-state index in [9.17, 15) is 5.26 Å². The average molecular weight is 246 g/mol. The van der Waals surface area contributed by atoms with Crippen LogP contribution in [-0.4, -0.2) is 26.4 Å². The first kappa shape index (κ1) is 12.7. The van der Waals surface area contributed by atoms with Crippen LogP contribution in [0.15, 0.2) is 24.3 Å². The number of benzene rings is 1. The molecule has 1 aliphatic rings. The zero-order valence-corrected chi connectivity index (χ0v) is 10.6. The second kappa shape index (κ2) is 6.27. The Bertz CT molecular complexity index is 405. The van der Waals surface area contributed by atoms with Crippen LogP contribution in [0.5, 0.6) is 5.75 Å². The third-order valence-electron chi connectivity index (χ3n) is 3.22. The van der Waals surface area contributed by atoms with Crippen LogP contribution in [0.3, 0.4) is 0 Å². The summed E-state index contributed by atoms with van der Waals surface area (Å²) in [6.45, 7) is 1.48. The van der Waals surface area contributed by atoms with Gasteiger partial charge in [0, 0.05) is 18.2 Å². The third-order valence-corrected chi connectivity index (χ3v) is 3.22. The van der Waals surface area contributed by atoms with E-state index in [1.165, 1.54) is 0 Å². The maximum absolute atomic E-state index is 9.25. The van der Waals surface area contributed by atoms with E-state index in [-0.39, 0.29) is 12.0 Å². The van der Waals surface area contributed by atoms with Crippen molar-refractivity contribution in [2.75, 3.05) is 25.6 Å². The van der Waals surface area contributed by atoms with Gasteiger partial charge in [0.05, 0.1) is 19.8 Å². The van der Waals surface area contributed by atoms with Crippen molar-refractivity contribution in [2.45, 2.75) is 18.9 Å². The summed E-state index contributed by atoms with van der Waals surface area (Å²) in [7, 11) is 1.64. The predicted octanol–water partition coefficient (Wildman–Crippen LogP) is 2.43. The molecule has 0 amide bonds. The fourth-order valence-corrected chi connectivity index (χ4v) is 2.15. The van der Waals surface area contributed by atoms with E-state index >= 15 is 0 Å². The molecule has 2 rings (SSSR count). The summed E-state index contributed by atoms with van der Waals surface area (Å²) in [6.07, 6.45) is 2.08. The molecule has 1 aromatic carbocycles. The van der Waals surface area contributed by atoms with Crippen molar-refractivity contribution in [1.82, 2.24) is 0 Å². The Morgan fingerprint density at radius 3 is 2.78 bits per heavy atom. The molecule has 0 radical (unpaired) electrons. The molecule has 4 nitrogen and oxygen atoms in total. The van der Waals surface area contributed by atoms with Crippen LogP contribution in [0, 0.1) is 17.2 Å². The highest BCUT2D eigenvalue weighted by Crippen LogP contribution is 2.22. The van der Waals surface area contributed by atoms with Crippen LogP contribution < -0.4 is 10.1 Å². The maximum atomic E-state index is 9.25. The second-order valence-corrected chi connectivity index (χ2v) is 4.46. The van der Waals surface area contributed by atoms with E-state index in [1.807, 2.05) is 24.3 Å². The molecule has 1 aromatic rings. The fraction of sp³-hybridized carbons (Fsp3) is 0.500. The van der Waals surface area contributed by atoms with Gasteiger partial charge in [0.2, 0.25) is 0 Å². The number of nitrogens with zero attached hydrogens (tertiary/aromatic N) is 1. The lowest BCUT2D eigenvalue weighted by molar-refractivity contribution is 0.0532. The molecule has 18 heavy (non-hydrogen) atoms. The van der Waals surface area contributed by atoms with E-state index in [0.717, 1.165) is 30.9 Å². The van der Waals surface area contributed by atoms with Crippen molar-refractivity contribution in [1.29, 1.82) is 5.26 Å². The third kappa shape index (κ3) is 3.14. The molecule has 0 spiro atoms. The van der Waals surface area contributed by atoms with Crippen molar-refractivity contribution in [2.24, 2.45) is 5.92 Å². The SMILES string of the molecule is COc1ccc(NC(C#N)C2CCCOC2)cc1. The molecule has 2 unspecified atom stereocenters. The number of nitriles is 1. The number of hydrogen-bond acceptors (Lipinski definition) is 4. The van der Waals surface area contributed by atoms with E-state index in [4.69, 9.17) is 9.47 Å². The molecule has 0 bridgehead atoms. The molecule has 96 valence electrons. The highest BCUT2D eigenvalue weighted by molar-refractivity contribution is 5.48. The highest BCUT2D eigenvalue weighted by atomic mass is 16.5. The summed E-state index contributed by atoms with van der Waals surface area (Å²) in [5, 5.41) is 12.5. The van der Waals surface area contributed by atoms with Gasteiger partial charge in [-0.3, -0.25) is 0 Å². The van der Waals surface area contributed by atoms with Gasteiger partial charge in [-0.2, -0.15) is 5.26 Å². The van der Waals surface area contributed by atoms with Gasteiger partial charge in [0.1, 0.15) is 11.8 Å². The van der Waals surface area contributed by atoms with Crippen LogP contribution in [0.4, 0.5) is 5.69 Å². The average Bonchev–Trinajstić information content (AvgIpc) is 2.46. The van der Waals surface area contributed by atoms with Crippen LogP contribution in [-0.2, 0) is 4.74 Å². The monoisotopic (exact) mass is 246 g/mol. The lowest BCUT2D eigenvalue weighted by Crippen LogP contribution is -2.33. The van der Waals surface area contributed by atoms with Crippen molar-refractivity contribution >= 4 is 5.69 Å². The number of ether oxygens (including phenoxy) is 2. The number of rotatable bonds is 4. The van der Waals surface area contributed by atoms with Crippen molar-refractivity contribution in [3.8, 4) is 11.8 Å². The minimum atomic E-state index is -0.196. The number of methoxy groups -OCH3 is 1. The maximum Gasteiger partial charge on any atom is 0.119 e. The molecular weight excluding hydrogens is 228 g/mol. The van der Waals surface area contributed by atoms with Crippen LogP contribution >= 0.6 is 0 Å². The quantitative estimate of drug-likeness (QED) is 0.886. The highest BCUT2D eigenvalue weighted by Gasteiger charge is 2.23. The molecule has 2 atom stereocenters. The molecule has 1 N–H and O–H groups in total. The van der Waals surface area contributed by atoms with Crippen LogP contribution in [0.1, 0.15) is 12.8 Å². The van der Waals surface area contributed by atoms with Crippen LogP contribution in [0.2, 0.25) is 0 Å². The Labute approximate surface area is 108 Å². The number of anilines is 1. The fourth-order valence-electron chi connectivity index (χ4n) is 2.15. The van der Waals surface area contributed by atoms with E-state index in [2.05, 4.69) is 11.4 Å². The second-order valence-electron chi connectivity index (χ2n) is 4.46. The molecule has 1 saturated heterocycles. The van der Waals surface area contributed by atoms with E-state index in [0.29, 0.717) is 6.61 Å². The Morgan fingerprint density at radius 2 is 2.22 bits per heavy atom. The summed E-state index contributed by atoms with van der Waals surface area (Å²) >= 11 is 0. The minimum absolute atomic E-state index is 0.196. The Hall–Kier alpha value is -1.73. The minimum Gasteiger partial charge on any atom is -0.497 e. The van der Waals surface area contributed by atoms with Gasteiger partial charge in [0.25, 0.3) is 0 Å².